The standard InChI is InChI=1S/C8H10F6O2Si/c1-3-15-17(16-4-2,7(13)5(9)10)8(14)6(11)12/h3-4H2,1-2H3. The van der Waals surface area contributed by atoms with Crippen LogP contribution in [0.2, 0.25) is 0 Å². The van der Waals surface area contributed by atoms with Crippen molar-refractivity contribution >= 4 is 8.56 Å². The second-order valence-corrected chi connectivity index (χ2v) is 5.32. The molecule has 0 aromatic heterocycles. The maximum absolute atomic E-state index is 13.2. The van der Waals surface area contributed by atoms with Crippen molar-refractivity contribution < 1.29 is 35.2 Å². The Morgan fingerprint density at radius 1 is 0.765 bits per heavy atom. The Morgan fingerprint density at radius 2 is 1.06 bits per heavy atom. The van der Waals surface area contributed by atoms with Crippen LogP contribution in [0.15, 0.2) is 23.1 Å². The predicted octanol–water partition coefficient (Wildman–Crippen LogP) is 3.74. The summed E-state index contributed by atoms with van der Waals surface area (Å²) in [6.45, 7) is 1.53. The molecule has 100 valence electrons. The molecule has 0 aliphatic rings. The molecule has 0 amide bonds. The summed E-state index contributed by atoms with van der Waals surface area (Å²) < 4.78 is 83.7. The monoisotopic (exact) mass is 280 g/mol. The number of halogens is 6. The lowest BCUT2D eigenvalue weighted by atomic mass is 10.9. The van der Waals surface area contributed by atoms with Crippen LogP contribution in [0.4, 0.5) is 26.3 Å². The summed E-state index contributed by atoms with van der Waals surface area (Å²) in [6, 6.07) is 0. The minimum Gasteiger partial charge on any atom is -0.385 e. The van der Waals surface area contributed by atoms with Crippen molar-refractivity contribution in [2.75, 3.05) is 13.2 Å². The molecule has 0 saturated heterocycles. The Labute approximate surface area is 94.8 Å². The zero-order chi connectivity index (χ0) is 13.6. The van der Waals surface area contributed by atoms with E-state index in [-0.39, 0.29) is 0 Å². The summed E-state index contributed by atoms with van der Waals surface area (Å²) in [5.41, 5.74) is -4.79. The van der Waals surface area contributed by atoms with E-state index in [0.29, 0.717) is 0 Å². The first kappa shape index (κ1) is 16.2. The van der Waals surface area contributed by atoms with Gasteiger partial charge >= 0.3 is 20.7 Å². The summed E-state index contributed by atoms with van der Waals surface area (Å²) in [4.78, 5) is 0. The van der Waals surface area contributed by atoms with Gasteiger partial charge in [-0.05, 0) is 13.8 Å². The molecule has 17 heavy (non-hydrogen) atoms. The Bertz CT molecular complexity index is 290. The zero-order valence-corrected chi connectivity index (χ0v) is 10.00. The highest BCUT2D eigenvalue weighted by Crippen LogP contribution is 2.34. The lowest BCUT2D eigenvalue weighted by Gasteiger charge is -2.25. The molecule has 0 aromatic carbocycles. The Balaban J connectivity index is 5.77. The number of hydrogen-bond acceptors (Lipinski definition) is 2. The smallest absolute Gasteiger partial charge is 0.385 e. The lowest BCUT2D eigenvalue weighted by Crippen LogP contribution is -2.46. The van der Waals surface area contributed by atoms with Crippen molar-refractivity contribution in [2.45, 2.75) is 13.8 Å². The van der Waals surface area contributed by atoms with Crippen molar-refractivity contribution in [3.05, 3.63) is 23.1 Å². The highest BCUT2D eigenvalue weighted by Gasteiger charge is 2.54. The highest BCUT2D eigenvalue weighted by atomic mass is 28.4. The summed E-state index contributed by atoms with van der Waals surface area (Å²) in [5, 5.41) is 0. The fraction of sp³-hybridized carbons (Fsp3) is 0.500. The van der Waals surface area contributed by atoms with Crippen LogP contribution in [0, 0.1) is 0 Å². The van der Waals surface area contributed by atoms with Crippen LogP contribution < -0.4 is 0 Å². The van der Waals surface area contributed by atoms with Crippen LogP contribution in [-0.4, -0.2) is 21.8 Å². The molecule has 0 saturated carbocycles. The third-order valence-corrected chi connectivity index (χ3v) is 4.53. The quantitative estimate of drug-likeness (QED) is 0.545. The van der Waals surface area contributed by atoms with E-state index < -0.39 is 44.8 Å². The fourth-order valence-electron chi connectivity index (χ4n) is 1.05. The van der Waals surface area contributed by atoms with Gasteiger partial charge in [0.1, 0.15) is 0 Å². The molecule has 0 atom stereocenters. The average molecular weight is 280 g/mol. The van der Waals surface area contributed by atoms with Gasteiger partial charge in [0.25, 0.3) is 0 Å². The zero-order valence-electron chi connectivity index (χ0n) is 9.00. The molecule has 0 aromatic rings. The molecule has 0 unspecified atom stereocenters. The average Bonchev–Trinajstić information content (AvgIpc) is 2.26. The topological polar surface area (TPSA) is 18.5 Å². The van der Waals surface area contributed by atoms with Crippen molar-refractivity contribution in [1.29, 1.82) is 0 Å². The van der Waals surface area contributed by atoms with Gasteiger partial charge in [0.2, 0.25) is 10.9 Å². The minimum absolute atomic E-state index is 0.451. The maximum atomic E-state index is 13.2. The van der Waals surface area contributed by atoms with Gasteiger partial charge in [-0.1, -0.05) is 0 Å². The summed E-state index contributed by atoms with van der Waals surface area (Å²) >= 11 is 0. The van der Waals surface area contributed by atoms with E-state index in [2.05, 4.69) is 8.85 Å². The van der Waals surface area contributed by atoms with E-state index >= 15 is 0 Å². The van der Waals surface area contributed by atoms with Crippen LogP contribution in [0.3, 0.4) is 0 Å². The molecule has 0 aliphatic carbocycles. The van der Waals surface area contributed by atoms with Gasteiger partial charge in [-0.15, -0.1) is 0 Å². The van der Waals surface area contributed by atoms with E-state index in [4.69, 9.17) is 0 Å². The highest BCUT2D eigenvalue weighted by molar-refractivity contribution is 6.80. The van der Waals surface area contributed by atoms with Gasteiger partial charge in [-0.2, -0.15) is 17.6 Å². The lowest BCUT2D eigenvalue weighted by molar-refractivity contribution is 0.176. The van der Waals surface area contributed by atoms with E-state index in [9.17, 15) is 26.3 Å². The SMILES string of the molecule is CCO[Si](OCC)(C(F)=C(F)F)C(F)=C(F)F. The fourth-order valence-corrected chi connectivity index (χ4v) is 3.14. The van der Waals surface area contributed by atoms with Crippen molar-refractivity contribution in [2.24, 2.45) is 0 Å². The molecule has 0 N–H and O–H groups in total. The third-order valence-electron chi connectivity index (χ3n) is 1.60. The van der Waals surface area contributed by atoms with E-state index in [0.717, 1.165) is 0 Å². The largest absolute Gasteiger partial charge is 0.477 e. The molecule has 2 nitrogen and oxygen atoms in total. The van der Waals surface area contributed by atoms with Gasteiger partial charge in [0, 0.05) is 13.2 Å². The molecule has 9 heteroatoms. The Hall–Kier alpha value is -0.803. The minimum atomic E-state index is -5.20. The molecule has 0 heterocycles. The van der Waals surface area contributed by atoms with E-state index in [1.807, 2.05) is 0 Å². The van der Waals surface area contributed by atoms with Gasteiger partial charge in [0.05, 0.1) is 0 Å². The molecule has 0 rings (SSSR count). The van der Waals surface area contributed by atoms with Crippen LogP contribution in [-0.2, 0) is 8.85 Å². The first-order valence-electron chi connectivity index (χ1n) is 4.53. The third kappa shape index (κ3) is 3.58. The Morgan fingerprint density at radius 3 is 1.24 bits per heavy atom. The molecular formula is C8H10F6O2Si. The molecule has 0 radical (unpaired) electrons. The number of rotatable bonds is 6. The molecule has 0 aliphatic heterocycles. The molecule has 0 bridgehead atoms. The van der Waals surface area contributed by atoms with Crippen molar-refractivity contribution in [3.63, 3.8) is 0 Å². The van der Waals surface area contributed by atoms with Crippen LogP contribution >= 0.6 is 0 Å². The van der Waals surface area contributed by atoms with Gasteiger partial charge < -0.3 is 8.85 Å². The van der Waals surface area contributed by atoms with Crippen LogP contribution in [0.25, 0.3) is 0 Å². The second kappa shape index (κ2) is 6.82. The molecule has 0 spiro atoms. The summed E-state index contributed by atoms with van der Waals surface area (Å²) in [7, 11) is -5.20. The maximum Gasteiger partial charge on any atom is 0.477 e. The number of hydrogen-bond donors (Lipinski definition) is 0. The first-order chi connectivity index (χ1) is 7.83. The second-order valence-electron chi connectivity index (χ2n) is 2.63. The normalized spacial score (nSPS) is 11.3. The van der Waals surface area contributed by atoms with Crippen LogP contribution in [0.5, 0.6) is 0 Å². The van der Waals surface area contributed by atoms with Gasteiger partial charge in [0.15, 0.2) is 0 Å². The van der Waals surface area contributed by atoms with Gasteiger partial charge in [-0.3, -0.25) is 0 Å². The Kier molecular flexibility index (Phi) is 6.49. The molecule has 0 fully saturated rings. The van der Waals surface area contributed by atoms with Crippen molar-refractivity contribution in [1.82, 2.24) is 0 Å². The first-order valence-corrected chi connectivity index (χ1v) is 6.35. The summed E-state index contributed by atoms with van der Waals surface area (Å²) in [6.07, 6.45) is -5.87. The van der Waals surface area contributed by atoms with Crippen LogP contribution in [0.1, 0.15) is 13.8 Å². The van der Waals surface area contributed by atoms with E-state index in [1.54, 1.807) is 0 Å². The van der Waals surface area contributed by atoms with Crippen molar-refractivity contribution in [3.8, 4) is 0 Å². The van der Waals surface area contributed by atoms with E-state index in [1.165, 1.54) is 13.8 Å². The predicted molar refractivity (Wildman–Crippen MR) is 49.7 cm³/mol. The molecular weight excluding hydrogens is 270 g/mol. The van der Waals surface area contributed by atoms with Gasteiger partial charge in [-0.25, -0.2) is 8.78 Å². The summed E-state index contributed by atoms with van der Waals surface area (Å²) in [5.74, 6) is 0.